The zero-order valence-electron chi connectivity index (χ0n) is 13.1. The highest BCUT2D eigenvalue weighted by Crippen LogP contribution is 2.33. The first-order valence-corrected chi connectivity index (χ1v) is 8.06. The van der Waals surface area contributed by atoms with Crippen molar-refractivity contribution < 1.29 is 19.5 Å². The molecular weight excluding hydrogens is 344 g/mol. The monoisotopic (exact) mass is 358 g/mol. The third-order valence-corrected chi connectivity index (χ3v) is 4.25. The topological polar surface area (TPSA) is 95.5 Å². The van der Waals surface area contributed by atoms with Crippen LogP contribution in [0.2, 0.25) is 5.02 Å². The van der Waals surface area contributed by atoms with Gasteiger partial charge in [-0.05, 0) is 29.7 Å². The highest BCUT2D eigenvalue weighted by molar-refractivity contribution is 6.33. The van der Waals surface area contributed by atoms with E-state index in [9.17, 15) is 19.5 Å². The Bertz CT molecular complexity index is 852. The number of halogens is 1. The van der Waals surface area contributed by atoms with Gasteiger partial charge in [-0.25, -0.2) is 0 Å². The fraction of sp³-hybridized carbons (Fsp3) is 0.167. The molecule has 1 saturated heterocycles. The first-order chi connectivity index (χ1) is 12.0. The average Bonchev–Trinajstić information content (AvgIpc) is 2.60. The van der Waals surface area contributed by atoms with Crippen molar-refractivity contribution in [3.63, 3.8) is 0 Å². The van der Waals surface area contributed by atoms with Crippen LogP contribution in [0.25, 0.3) is 11.1 Å². The number of phenols is 1. The molecule has 0 bridgehead atoms. The molecule has 1 heterocycles. The van der Waals surface area contributed by atoms with E-state index >= 15 is 0 Å². The lowest BCUT2D eigenvalue weighted by Crippen LogP contribution is -2.52. The van der Waals surface area contributed by atoms with Gasteiger partial charge in [0.15, 0.2) is 0 Å². The molecule has 0 saturated carbocycles. The maximum Gasteiger partial charge on any atom is 0.255 e. The molecule has 1 fully saturated rings. The van der Waals surface area contributed by atoms with E-state index in [1.54, 1.807) is 6.07 Å². The first-order valence-electron chi connectivity index (χ1n) is 7.68. The molecule has 0 spiro atoms. The highest BCUT2D eigenvalue weighted by atomic mass is 35.5. The molecule has 2 aromatic carbocycles. The molecule has 7 heteroatoms. The Morgan fingerprint density at radius 2 is 1.88 bits per heavy atom. The first kappa shape index (κ1) is 17.0. The third kappa shape index (κ3) is 3.64. The fourth-order valence-electron chi connectivity index (χ4n) is 2.64. The van der Waals surface area contributed by atoms with Crippen molar-refractivity contribution in [3.8, 4) is 16.9 Å². The van der Waals surface area contributed by atoms with Gasteiger partial charge in [-0.2, -0.15) is 0 Å². The summed E-state index contributed by atoms with van der Waals surface area (Å²) in [5.41, 5.74) is 1.47. The van der Waals surface area contributed by atoms with E-state index in [2.05, 4.69) is 10.6 Å². The van der Waals surface area contributed by atoms with E-state index in [0.29, 0.717) is 5.56 Å². The van der Waals surface area contributed by atoms with Gasteiger partial charge in [0.05, 0.1) is 10.6 Å². The average molecular weight is 359 g/mol. The minimum atomic E-state index is -0.830. The Kier molecular flexibility index (Phi) is 4.72. The number of phenolic OH excluding ortho intramolecular Hbond substituents is 1. The predicted octanol–water partition coefficient (Wildman–Crippen LogP) is 2.25. The van der Waals surface area contributed by atoms with Gasteiger partial charge >= 0.3 is 0 Å². The van der Waals surface area contributed by atoms with Gasteiger partial charge in [0, 0.05) is 6.42 Å². The molecule has 1 aliphatic rings. The smallest absolute Gasteiger partial charge is 0.255 e. The van der Waals surface area contributed by atoms with Crippen molar-refractivity contribution in [1.29, 1.82) is 0 Å². The molecule has 3 amide bonds. The summed E-state index contributed by atoms with van der Waals surface area (Å²) in [7, 11) is 0. The van der Waals surface area contributed by atoms with E-state index < -0.39 is 17.9 Å². The van der Waals surface area contributed by atoms with Crippen molar-refractivity contribution in [2.24, 2.45) is 0 Å². The summed E-state index contributed by atoms with van der Waals surface area (Å²) in [6, 6.07) is 11.5. The molecule has 25 heavy (non-hydrogen) atoms. The lowest BCUT2D eigenvalue weighted by atomic mass is 10.0. The second-order valence-corrected chi connectivity index (χ2v) is 6.10. The number of nitrogens with one attached hydrogen (secondary N) is 2. The molecule has 0 aromatic heterocycles. The lowest BCUT2D eigenvalue weighted by molar-refractivity contribution is -0.134. The summed E-state index contributed by atoms with van der Waals surface area (Å²) in [6.07, 6.45) is 0.358. The predicted molar refractivity (Wildman–Crippen MR) is 92.2 cm³/mol. The third-order valence-electron chi connectivity index (χ3n) is 3.96. The van der Waals surface area contributed by atoms with Crippen LogP contribution in [0, 0.1) is 0 Å². The van der Waals surface area contributed by atoms with E-state index in [1.807, 2.05) is 30.3 Å². The zero-order chi connectivity index (χ0) is 18.0. The van der Waals surface area contributed by atoms with Crippen molar-refractivity contribution in [2.75, 3.05) is 0 Å². The van der Waals surface area contributed by atoms with Gasteiger partial charge in [0.2, 0.25) is 11.8 Å². The van der Waals surface area contributed by atoms with Gasteiger partial charge in [-0.1, -0.05) is 41.9 Å². The number of amides is 3. The van der Waals surface area contributed by atoms with Gasteiger partial charge in [-0.3, -0.25) is 19.7 Å². The largest absolute Gasteiger partial charge is 0.506 e. The Morgan fingerprint density at radius 3 is 2.56 bits per heavy atom. The molecule has 1 unspecified atom stereocenters. The second-order valence-electron chi connectivity index (χ2n) is 5.70. The molecule has 3 N–H and O–H groups in total. The molecule has 0 radical (unpaired) electrons. The van der Waals surface area contributed by atoms with Crippen LogP contribution in [0.5, 0.6) is 5.75 Å². The van der Waals surface area contributed by atoms with Crippen LogP contribution in [0.3, 0.4) is 0 Å². The number of aromatic hydroxyl groups is 1. The normalized spacial score (nSPS) is 17.1. The van der Waals surface area contributed by atoms with Crippen molar-refractivity contribution in [1.82, 2.24) is 10.6 Å². The molecule has 3 rings (SSSR count). The summed E-state index contributed by atoms with van der Waals surface area (Å²) in [6.45, 7) is 0. The summed E-state index contributed by atoms with van der Waals surface area (Å²) >= 11 is 6.05. The number of benzene rings is 2. The van der Waals surface area contributed by atoms with Gasteiger partial charge in [0.1, 0.15) is 11.8 Å². The van der Waals surface area contributed by atoms with Crippen molar-refractivity contribution >= 4 is 29.3 Å². The molecule has 6 nitrogen and oxygen atoms in total. The number of rotatable bonds is 3. The highest BCUT2D eigenvalue weighted by Gasteiger charge is 2.29. The summed E-state index contributed by atoms with van der Waals surface area (Å²) in [5.74, 6) is -1.92. The van der Waals surface area contributed by atoms with Crippen LogP contribution in [-0.4, -0.2) is 28.9 Å². The molecular formula is C18H15ClN2O4. The van der Waals surface area contributed by atoms with E-state index in [0.717, 1.165) is 5.56 Å². The Morgan fingerprint density at radius 1 is 1.16 bits per heavy atom. The minimum Gasteiger partial charge on any atom is -0.506 e. The van der Waals surface area contributed by atoms with Gasteiger partial charge in [-0.15, -0.1) is 0 Å². The number of hydrogen-bond acceptors (Lipinski definition) is 4. The van der Waals surface area contributed by atoms with Crippen LogP contribution in [0.15, 0.2) is 42.5 Å². The van der Waals surface area contributed by atoms with Crippen molar-refractivity contribution in [3.05, 3.63) is 53.1 Å². The number of carbonyl (C=O) groups is 3. The number of carbonyl (C=O) groups excluding carboxylic acids is 3. The maximum absolute atomic E-state index is 12.5. The van der Waals surface area contributed by atoms with E-state index in [-0.39, 0.29) is 35.1 Å². The van der Waals surface area contributed by atoms with E-state index in [1.165, 1.54) is 6.07 Å². The summed E-state index contributed by atoms with van der Waals surface area (Å²) < 4.78 is 0. The van der Waals surface area contributed by atoms with Gasteiger partial charge < -0.3 is 10.4 Å². The summed E-state index contributed by atoms with van der Waals surface area (Å²) in [5, 5.41) is 14.9. The fourth-order valence-corrected chi connectivity index (χ4v) is 2.86. The maximum atomic E-state index is 12.5. The quantitative estimate of drug-likeness (QED) is 0.733. The van der Waals surface area contributed by atoms with Gasteiger partial charge in [0.25, 0.3) is 5.91 Å². The van der Waals surface area contributed by atoms with Crippen LogP contribution >= 0.6 is 11.6 Å². The Balaban J connectivity index is 1.88. The Hall–Kier alpha value is -2.86. The zero-order valence-corrected chi connectivity index (χ0v) is 13.8. The lowest BCUT2D eigenvalue weighted by Gasteiger charge is -2.22. The van der Waals surface area contributed by atoms with Crippen LogP contribution in [0.1, 0.15) is 23.2 Å². The molecule has 0 aliphatic carbocycles. The number of piperidine rings is 1. The standard InChI is InChI=1S/C18H15ClN2O4/c19-13-9-11(10-4-2-1-3-5-10)8-12(16(13)23)17(24)20-14-6-7-15(22)21-18(14)25/h1-5,8-9,14,23H,6-7H2,(H,20,24)(H,21,22,25). The van der Waals surface area contributed by atoms with Crippen LogP contribution in [-0.2, 0) is 9.59 Å². The summed E-state index contributed by atoms with van der Waals surface area (Å²) in [4.78, 5) is 35.5. The number of hydrogen-bond donors (Lipinski definition) is 3. The molecule has 1 atom stereocenters. The van der Waals surface area contributed by atoms with Crippen LogP contribution in [0.4, 0.5) is 0 Å². The SMILES string of the molecule is O=C1CCC(NC(=O)c2cc(-c3ccccc3)cc(Cl)c2O)C(=O)N1. The molecule has 2 aromatic rings. The second kappa shape index (κ2) is 6.94. The Labute approximate surface area is 148 Å². The molecule has 1 aliphatic heterocycles. The van der Waals surface area contributed by atoms with Crippen molar-refractivity contribution in [2.45, 2.75) is 18.9 Å². The van der Waals surface area contributed by atoms with Crippen LogP contribution < -0.4 is 10.6 Å². The van der Waals surface area contributed by atoms with E-state index in [4.69, 9.17) is 11.6 Å². The minimum absolute atomic E-state index is 0.0314. The molecule has 128 valence electrons. The number of imide groups is 1.